The molecule has 1 aliphatic rings. The lowest BCUT2D eigenvalue weighted by Crippen LogP contribution is -2.34. The van der Waals surface area contributed by atoms with Gasteiger partial charge in [0.05, 0.1) is 6.61 Å². The molecule has 0 saturated heterocycles. The minimum atomic E-state index is -0.821. The third kappa shape index (κ3) is 3.98. The molecule has 0 saturated carbocycles. The summed E-state index contributed by atoms with van der Waals surface area (Å²) in [6.07, 6.45) is 5.78. The number of ether oxygens (including phenoxy) is 2. The van der Waals surface area contributed by atoms with E-state index in [0.717, 1.165) is 27.5 Å². The molecule has 4 aromatic carbocycles. The maximum atomic E-state index is 12.3. The fourth-order valence-electron chi connectivity index (χ4n) is 4.53. The molecule has 4 nitrogen and oxygen atoms in total. The highest BCUT2D eigenvalue weighted by atomic mass is 16.5. The zero-order valence-electron chi connectivity index (χ0n) is 19.3. The van der Waals surface area contributed by atoms with Gasteiger partial charge in [-0.25, -0.2) is 4.79 Å². The molecule has 35 heavy (non-hydrogen) atoms. The predicted octanol–water partition coefficient (Wildman–Crippen LogP) is 6.66. The predicted molar refractivity (Wildman–Crippen MR) is 137 cm³/mol. The van der Waals surface area contributed by atoms with E-state index in [-0.39, 0.29) is 12.2 Å². The molecule has 0 radical (unpaired) electrons. The number of nitriles is 1. The van der Waals surface area contributed by atoms with Gasteiger partial charge in [-0.2, -0.15) is 5.26 Å². The number of benzene rings is 4. The van der Waals surface area contributed by atoms with E-state index in [1.54, 1.807) is 13.0 Å². The van der Waals surface area contributed by atoms with E-state index in [2.05, 4.69) is 36.4 Å². The van der Waals surface area contributed by atoms with Crippen molar-refractivity contribution in [1.29, 1.82) is 5.26 Å². The van der Waals surface area contributed by atoms with Crippen LogP contribution >= 0.6 is 0 Å². The third-order valence-corrected chi connectivity index (χ3v) is 6.16. The average molecular weight is 458 g/mol. The number of rotatable bonds is 5. The molecule has 0 fully saturated rings. The number of fused-ring (bicyclic) bond motifs is 3. The van der Waals surface area contributed by atoms with E-state index >= 15 is 0 Å². The highest BCUT2D eigenvalue weighted by molar-refractivity contribution is 6.04. The summed E-state index contributed by atoms with van der Waals surface area (Å²) < 4.78 is 11.9. The first kappa shape index (κ1) is 22.2. The Labute approximate surface area is 204 Å². The van der Waals surface area contributed by atoms with Gasteiger partial charge >= 0.3 is 5.97 Å². The smallest absolute Gasteiger partial charge is 0.348 e. The Balaban J connectivity index is 1.73. The number of carbonyl (C=O) groups is 1. The van der Waals surface area contributed by atoms with E-state index in [9.17, 15) is 10.1 Å². The molecule has 1 aliphatic heterocycles. The molecule has 0 bridgehead atoms. The molecule has 5 rings (SSSR count). The second-order valence-corrected chi connectivity index (χ2v) is 8.22. The molecule has 4 aromatic rings. The van der Waals surface area contributed by atoms with Gasteiger partial charge in [-0.1, -0.05) is 84.9 Å². The lowest BCUT2D eigenvalue weighted by molar-refractivity contribution is -0.137. The number of carbonyl (C=O) groups excluding carboxylic acids is 1. The highest BCUT2D eigenvalue weighted by Gasteiger charge is 2.37. The van der Waals surface area contributed by atoms with Gasteiger partial charge in [-0.05, 0) is 47.6 Å². The van der Waals surface area contributed by atoms with Crippen molar-refractivity contribution in [3.8, 4) is 11.8 Å². The average Bonchev–Trinajstić information content (AvgIpc) is 2.92. The summed E-state index contributed by atoms with van der Waals surface area (Å²) in [6, 6.07) is 32.0. The fourth-order valence-corrected chi connectivity index (χ4v) is 4.53. The normalized spacial score (nSPS) is 14.0. The van der Waals surface area contributed by atoms with Crippen molar-refractivity contribution >= 4 is 28.9 Å². The summed E-state index contributed by atoms with van der Waals surface area (Å²) in [4.78, 5) is 12.3. The number of esters is 1. The highest BCUT2D eigenvalue weighted by Crippen LogP contribution is 2.45. The van der Waals surface area contributed by atoms with Crippen LogP contribution in [-0.4, -0.2) is 12.6 Å². The molecule has 170 valence electrons. The van der Waals surface area contributed by atoms with Crippen molar-refractivity contribution in [2.45, 2.75) is 12.5 Å². The standard InChI is InChI=1S/C31H23NO3/c1-2-34-30(33)23(21-32)19-22-20-29-28(27-16-10-9-15-26(22)27)17-18-31(35-29,24-11-5-3-6-12-24)25-13-7-4-8-14-25/h3-20H,2H2,1H3/b23-19+. The van der Waals surface area contributed by atoms with Crippen molar-refractivity contribution in [2.75, 3.05) is 6.61 Å². The van der Waals surface area contributed by atoms with Gasteiger partial charge in [0, 0.05) is 16.7 Å². The Kier molecular flexibility index (Phi) is 5.91. The molecule has 0 aromatic heterocycles. The van der Waals surface area contributed by atoms with Crippen molar-refractivity contribution in [3.05, 3.63) is 125 Å². The first-order chi connectivity index (χ1) is 17.2. The molecule has 0 unspecified atom stereocenters. The zero-order valence-corrected chi connectivity index (χ0v) is 19.3. The maximum Gasteiger partial charge on any atom is 0.348 e. The van der Waals surface area contributed by atoms with Crippen LogP contribution in [0.5, 0.6) is 5.75 Å². The van der Waals surface area contributed by atoms with Crippen molar-refractivity contribution < 1.29 is 14.3 Å². The molecule has 0 spiro atoms. The Bertz CT molecular complexity index is 1460. The summed E-state index contributed by atoms with van der Waals surface area (Å²) in [5.74, 6) is 0.0341. The molecule has 0 atom stereocenters. The Morgan fingerprint density at radius 2 is 1.54 bits per heavy atom. The maximum absolute atomic E-state index is 12.3. The van der Waals surface area contributed by atoms with Crippen LogP contribution in [0.15, 0.2) is 103 Å². The van der Waals surface area contributed by atoms with E-state index in [1.165, 1.54) is 0 Å². The van der Waals surface area contributed by atoms with Crippen molar-refractivity contribution in [1.82, 2.24) is 0 Å². The van der Waals surface area contributed by atoms with E-state index in [4.69, 9.17) is 9.47 Å². The molecule has 0 aliphatic carbocycles. The van der Waals surface area contributed by atoms with Crippen LogP contribution in [0.1, 0.15) is 29.2 Å². The van der Waals surface area contributed by atoms with Crippen LogP contribution < -0.4 is 4.74 Å². The summed E-state index contributed by atoms with van der Waals surface area (Å²) >= 11 is 0. The van der Waals surface area contributed by atoms with Crippen LogP contribution in [0.4, 0.5) is 0 Å². The van der Waals surface area contributed by atoms with E-state index < -0.39 is 11.6 Å². The van der Waals surface area contributed by atoms with Crippen molar-refractivity contribution in [2.24, 2.45) is 0 Å². The number of hydrogen-bond donors (Lipinski definition) is 0. The first-order valence-corrected chi connectivity index (χ1v) is 11.5. The quantitative estimate of drug-likeness (QED) is 0.191. The van der Waals surface area contributed by atoms with Crippen LogP contribution in [0.2, 0.25) is 0 Å². The zero-order chi connectivity index (χ0) is 24.3. The van der Waals surface area contributed by atoms with E-state index in [0.29, 0.717) is 11.3 Å². The SMILES string of the molecule is CCOC(=O)/C(C#N)=C/c1cc2c(c3ccccc13)C=CC(c1ccccc1)(c1ccccc1)O2. The summed E-state index contributed by atoms with van der Waals surface area (Å²) in [5, 5.41) is 11.5. The van der Waals surface area contributed by atoms with Crippen LogP contribution in [0, 0.1) is 11.3 Å². The summed E-state index contributed by atoms with van der Waals surface area (Å²) in [7, 11) is 0. The molecule has 1 heterocycles. The van der Waals surface area contributed by atoms with Crippen LogP contribution in [0.25, 0.3) is 22.9 Å². The Morgan fingerprint density at radius 3 is 2.14 bits per heavy atom. The van der Waals surface area contributed by atoms with Gasteiger partial charge in [-0.15, -0.1) is 0 Å². The summed E-state index contributed by atoms with van der Waals surface area (Å²) in [5.41, 5.74) is 2.80. The lowest BCUT2D eigenvalue weighted by atomic mass is 9.83. The van der Waals surface area contributed by atoms with Gasteiger partial charge in [0.15, 0.2) is 5.60 Å². The molecule has 4 heteroatoms. The van der Waals surface area contributed by atoms with Crippen LogP contribution in [-0.2, 0) is 15.1 Å². The second kappa shape index (κ2) is 9.32. The molecular weight excluding hydrogens is 434 g/mol. The minimum absolute atomic E-state index is 0.0549. The van der Waals surface area contributed by atoms with Gasteiger partial charge < -0.3 is 9.47 Å². The van der Waals surface area contributed by atoms with Gasteiger partial charge in [-0.3, -0.25) is 0 Å². The lowest BCUT2D eigenvalue weighted by Gasteiger charge is -2.36. The van der Waals surface area contributed by atoms with Gasteiger partial charge in [0.2, 0.25) is 0 Å². The fraction of sp³-hybridized carbons (Fsp3) is 0.0968. The monoisotopic (exact) mass is 457 g/mol. The Hall–Kier alpha value is -4.62. The topological polar surface area (TPSA) is 59.3 Å². The van der Waals surface area contributed by atoms with Crippen molar-refractivity contribution in [3.63, 3.8) is 0 Å². The molecule has 0 N–H and O–H groups in total. The first-order valence-electron chi connectivity index (χ1n) is 11.5. The Morgan fingerprint density at radius 1 is 0.943 bits per heavy atom. The van der Waals surface area contributed by atoms with Gasteiger partial charge in [0.25, 0.3) is 0 Å². The number of nitrogens with zero attached hydrogens (tertiary/aromatic N) is 1. The molecular formula is C31H23NO3. The largest absolute Gasteiger partial charge is 0.473 e. The summed E-state index contributed by atoms with van der Waals surface area (Å²) in [6.45, 7) is 1.92. The number of hydrogen-bond acceptors (Lipinski definition) is 4. The van der Waals surface area contributed by atoms with Crippen LogP contribution in [0.3, 0.4) is 0 Å². The van der Waals surface area contributed by atoms with E-state index in [1.807, 2.05) is 72.8 Å². The minimum Gasteiger partial charge on any atom is -0.473 e. The third-order valence-electron chi connectivity index (χ3n) is 6.16. The molecule has 0 amide bonds. The van der Waals surface area contributed by atoms with Gasteiger partial charge in [0.1, 0.15) is 17.4 Å². The second-order valence-electron chi connectivity index (χ2n) is 8.22.